The lowest BCUT2D eigenvalue weighted by Crippen LogP contribution is -2.49. The van der Waals surface area contributed by atoms with Gasteiger partial charge in [-0.3, -0.25) is 0 Å². The van der Waals surface area contributed by atoms with Gasteiger partial charge in [-0.05, 0) is 51.6 Å². The molecule has 3 saturated heterocycles. The van der Waals surface area contributed by atoms with Crippen LogP contribution in [-0.4, -0.2) is 49.3 Å². The Morgan fingerprint density at radius 2 is 1.81 bits per heavy atom. The van der Waals surface area contributed by atoms with Crippen LogP contribution in [0.25, 0.3) is 0 Å². The van der Waals surface area contributed by atoms with E-state index in [1.54, 1.807) is 0 Å². The van der Waals surface area contributed by atoms with Gasteiger partial charge in [-0.2, -0.15) is 0 Å². The molecule has 0 radical (unpaired) electrons. The lowest BCUT2D eigenvalue weighted by atomic mass is 9.96. The van der Waals surface area contributed by atoms with E-state index in [2.05, 4.69) is 10.2 Å². The first-order chi connectivity index (χ1) is 7.92. The molecule has 0 saturated carbocycles. The summed E-state index contributed by atoms with van der Waals surface area (Å²) in [6.45, 7) is 4.60. The van der Waals surface area contributed by atoms with Crippen LogP contribution >= 0.6 is 0 Å². The predicted octanol–water partition coefficient (Wildman–Crippen LogP) is 1.38. The number of nitrogens with zero attached hydrogens (tertiary/aromatic N) is 1. The monoisotopic (exact) mass is 224 g/mol. The van der Waals surface area contributed by atoms with E-state index >= 15 is 0 Å². The van der Waals surface area contributed by atoms with Gasteiger partial charge >= 0.3 is 0 Å². The molecule has 2 atom stereocenters. The minimum Gasteiger partial charge on any atom is -0.381 e. The van der Waals surface area contributed by atoms with Crippen molar-refractivity contribution in [2.45, 2.75) is 56.7 Å². The van der Waals surface area contributed by atoms with E-state index in [0.29, 0.717) is 0 Å². The minimum absolute atomic E-state index is 0.728. The number of hydrogen-bond donors (Lipinski definition) is 1. The summed E-state index contributed by atoms with van der Waals surface area (Å²) in [6, 6.07) is 2.40. The van der Waals surface area contributed by atoms with Gasteiger partial charge in [-0.15, -0.1) is 0 Å². The fourth-order valence-corrected chi connectivity index (χ4v) is 3.57. The van der Waals surface area contributed by atoms with Crippen LogP contribution in [0.2, 0.25) is 0 Å². The van der Waals surface area contributed by atoms with Crippen LogP contribution < -0.4 is 5.32 Å². The van der Waals surface area contributed by atoms with Crippen molar-refractivity contribution in [1.82, 2.24) is 10.2 Å². The van der Waals surface area contributed by atoms with Gasteiger partial charge < -0.3 is 15.0 Å². The molecule has 2 unspecified atom stereocenters. The number of piperidine rings is 1. The lowest BCUT2D eigenvalue weighted by molar-refractivity contribution is 0.0684. The lowest BCUT2D eigenvalue weighted by Gasteiger charge is -2.37. The van der Waals surface area contributed by atoms with Gasteiger partial charge in [0.1, 0.15) is 0 Å². The summed E-state index contributed by atoms with van der Waals surface area (Å²) in [7, 11) is 0. The Balaban J connectivity index is 1.48. The zero-order chi connectivity index (χ0) is 10.8. The second kappa shape index (κ2) is 5.03. The average molecular weight is 224 g/mol. The van der Waals surface area contributed by atoms with Gasteiger partial charge in [0, 0.05) is 31.3 Å². The number of rotatable bonds is 2. The Bertz CT molecular complexity index is 228. The molecule has 1 N–H and O–H groups in total. The van der Waals surface area contributed by atoms with E-state index in [9.17, 15) is 0 Å². The summed E-state index contributed by atoms with van der Waals surface area (Å²) in [5, 5.41) is 3.86. The molecule has 3 aliphatic rings. The summed E-state index contributed by atoms with van der Waals surface area (Å²) in [5.74, 6) is 0. The third kappa shape index (κ3) is 2.41. The van der Waals surface area contributed by atoms with Crippen LogP contribution in [0.1, 0.15) is 38.5 Å². The maximum Gasteiger partial charge on any atom is 0.0480 e. The van der Waals surface area contributed by atoms with Gasteiger partial charge in [0.15, 0.2) is 0 Å². The number of fused-ring (bicyclic) bond motifs is 1. The standard InChI is InChI=1S/C13H24N2O/c1-2-13-10-12(3-7-15(13)6-1)14-11-4-8-16-9-5-11/h11-14H,1-10H2. The van der Waals surface area contributed by atoms with Crippen molar-refractivity contribution in [2.24, 2.45) is 0 Å². The highest BCUT2D eigenvalue weighted by Gasteiger charge is 2.32. The minimum atomic E-state index is 0.728. The van der Waals surface area contributed by atoms with E-state index in [1.165, 1.54) is 51.6 Å². The molecule has 0 aromatic rings. The smallest absolute Gasteiger partial charge is 0.0480 e. The SMILES string of the molecule is C1CC2CC(NC3CCOCC3)CCN2C1. The van der Waals surface area contributed by atoms with Crippen LogP contribution in [0.4, 0.5) is 0 Å². The Hall–Kier alpha value is -0.120. The van der Waals surface area contributed by atoms with E-state index in [0.717, 1.165) is 31.3 Å². The van der Waals surface area contributed by atoms with Crippen LogP contribution in [-0.2, 0) is 4.74 Å². The number of nitrogens with one attached hydrogen (secondary N) is 1. The first-order valence-corrected chi connectivity index (χ1v) is 6.99. The van der Waals surface area contributed by atoms with Gasteiger partial charge in [0.05, 0.1) is 0 Å². The van der Waals surface area contributed by atoms with Gasteiger partial charge in [-0.1, -0.05) is 0 Å². The van der Waals surface area contributed by atoms with Crippen molar-refractivity contribution < 1.29 is 4.74 Å². The molecule has 3 rings (SSSR count). The molecule has 16 heavy (non-hydrogen) atoms. The highest BCUT2D eigenvalue weighted by Crippen LogP contribution is 2.27. The average Bonchev–Trinajstić information content (AvgIpc) is 2.77. The molecule has 3 aliphatic heterocycles. The van der Waals surface area contributed by atoms with Gasteiger partial charge in [0.25, 0.3) is 0 Å². The summed E-state index contributed by atoms with van der Waals surface area (Å²) >= 11 is 0. The van der Waals surface area contributed by atoms with Crippen molar-refractivity contribution in [3.05, 3.63) is 0 Å². The summed E-state index contributed by atoms with van der Waals surface area (Å²) in [5.41, 5.74) is 0. The quantitative estimate of drug-likeness (QED) is 0.767. The van der Waals surface area contributed by atoms with Gasteiger partial charge in [0.2, 0.25) is 0 Å². The number of hydrogen-bond acceptors (Lipinski definition) is 3. The van der Waals surface area contributed by atoms with Crippen molar-refractivity contribution in [3.63, 3.8) is 0 Å². The Kier molecular flexibility index (Phi) is 3.46. The van der Waals surface area contributed by atoms with Crippen LogP contribution in [0.5, 0.6) is 0 Å². The fourth-order valence-electron chi connectivity index (χ4n) is 3.57. The second-order valence-electron chi connectivity index (χ2n) is 5.61. The first kappa shape index (κ1) is 11.0. The third-order valence-corrected chi connectivity index (χ3v) is 4.51. The predicted molar refractivity (Wildman–Crippen MR) is 64.6 cm³/mol. The fraction of sp³-hybridized carbons (Fsp3) is 1.00. The molecule has 0 amide bonds. The first-order valence-electron chi connectivity index (χ1n) is 6.99. The zero-order valence-corrected chi connectivity index (χ0v) is 10.2. The molecular formula is C13H24N2O. The maximum absolute atomic E-state index is 5.41. The van der Waals surface area contributed by atoms with Crippen molar-refractivity contribution in [1.29, 1.82) is 0 Å². The molecule has 0 bridgehead atoms. The largest absolute Gasteiger partial charge is 0.381 e. The molecule has 3 fully saturated rings. The highest BCUT2D eigenvalue weighted by atomic mass is 16.5. The summed E-state index contributed by atoms with van der Waals surface area (Å²) in [6.07, 6.45) is 8.03. The molecular weight excluding hydrogens is 200 g/mol. The van der Waals surface area contributed by atoms with E-state index in [-0.39, 0.29) is 0 Å². The van der Waals surface area contributed by atoms with Crippen LogP contribution in [0.15, 0.2) is 0 Å². The van der Waals surface area contributed by atoms with Gasteiger partial charge in [-0.25, -0.2) is 0 Å². The van der Waals surface area contributed by atoms with Crippen LogP contribution in [0.3, 0.4) is 0 Å². The van der Waals surface area contributed by atoms with Crippen molar-refractivity contribution >= 4 is 0 Å². The van der Waals surface area contributed by atoms with E-state index in [4.69, 9.17) is 4.74 Å². The van der Waals surface area contributed by atoms with Crippen LogP contribution in [0, 0.1) is 0 Å². The topological polar surface area (TPSA) is 24.5 Å². The maximum atomic E-state index is 5.41. The Morgan fingerprint density at radius 3 is 2.69 bits per heavy atom. The molecule has 0 aromatic heterocycles. The van der Waals surface area contributed by atoms with E-state index < -0.39 is 0 Å². The number of ether oxygens (including phenoxy) is 1. The molecule has 0 spiro atoms. The Labute approximate surface area is 98.5 Å². The molecule has 0 aromatic carbocycles. The van der Waals surface area contributed by atoms with E-state index in [1.807, 2.05) is 0 Å². The normalized spacial score (nSPS) is 37.5. The highest BCUT2D eigenvalue weighted by molar-refractivity contribution is 4.90. The summed E-state index contributed by atoms with van der Waals surface area (Å²) in [4.78, 5) is 2.70. The molecule has 0 aliphatic carbocycles. The second-order valence-corrected chi connectivity index (χ2v) is 5.61. The Morgan fingerprint density at radius 1 is 0.938 bits per heavy atom. The van der Waals surface area contributed by atoms with Crippen molar-refractivity contribution in [3.8, 4) is 0 Å². The molecule has 92 valence electrons. The van der Waals surface area contributed by atoms with Crippen molar-refractivity contribution in [2.75, 3.05) is 26.3 Å². The zero-order valence-electron chi connectivity index (χ0n) is 10.2. The third-order valence-electron chi connectivity index (χ3n) is 4.51. The molecule has 3 heterocycles. The molecule has 3 heteroatoms. The molecule has 3 nitrogen and oxygen atoms in total. The summed E-state index contributed by atoms with van der Waals surface area (Å²) < 4.78 is 5.41.